The lowest BCUT2D eigenvalue weighted by Gasteiger charge is -2.06. The third kappa shape index (κ3) is 2.88. The van der Waals surface area contributed by atoms with Gasteiger partial charge in [-0.1, -0.05) is 30.3 Å². The zero-order valence-electron chi connectivity index (χ0n) is 10.7. The van der Waals surface area contributed by atoms with Crippen LogP contribution in [-0.4, -0.2) is 26.5 Å². The number of aromatic nitrogens is 4. The fourth-order valence-electron chi connectivity index (χ4n) is 1.98. The average Bonchev–Trinajstić information content (AvgIpc) is 2.92. The topological polar surface area (TPSA) is 63.7 Å². The van der Waals surface area contributed by atoms with Crippen molar-refractivity contribution in [3.05, 3.63) is 47.5 Å². The summed E-state index contributed by atoms with van der Waals surface area (Å²) in [6, 6.07) is 10.3. The summed E-state index contributed by atoms with van der Waals surface area (Å²) in [6.07, 6.45) is 3.42. The number of rotatable bonds is 5. The summed E-state index contributed by atoms with van der Waals surface area (Å²) >= 11 is 5.83. The van der Waals surface area contributed by atoms with Crippen LogP contribution in [0.15, 0.2) is 36.7 Å². The Morgan fingerprint density at radius 2 is 2.00 bits per heavy atom. The van der Waals surface area contributed by atoms with Crippen molar-refractivity contribution < 1.29 is 4.74 Å². The van der Waals surface area contributed by atoms with E-state index in [9.17, 15) is 0 Å². The first-order chi connectivity index (χ1) is 9.83. The highest BCUT2D eigenvalue weighted by Gasteiger charge is 2.09. The van der Waals surface area contributed by atoms with Crippen LogP contribution in [0.25, 0.3) is 11.2 Å². The van der Waals surface area contributed by atoms with Crippen LogP contribution in [-0.2, 0) is 6.42 Å². The van der Waals surface area contributed by atoms with Gasteiger partial charge in [0.05, 0.1) is 12.9 Å². The van der Waals surface area contributed by atoms with E-state index in [2.05, 4.69) is 32.1 Å². The SMILES string of the molecule is Clc1nc(OCCCc2ccccc2)c2[nH]cnc2n1. The van der Waals surface area contributed by atoms with E-state index in [1.165, 1.54) is 5.56 Å². The molecule has 3 aromatic rings. The summed E-state index contributed by atoms with van der Waals surface area (Å²) < 4.78 is 5.67. The quantitative estimate of drug-likeness (QED) is 0.579. The molecule has 0 aliphatic carbocycles. The predicted molar refractivity (Wildman–Crippen MR) is 77.0 cm³/mol. The molecule has 0 saturated carbocycles. The molecule has 1 N–H and O–H groups in total. The number of aromatic amines is 1. The number of ether oxygens (including phenoxy) is 1. The van der Waals surface area contributed by atoms with E-state index < -0.39 is 0 Å². The smallest absolute Gasteiger partial charge is 0.244 e. The Morgan fingerprint density at radius 1 is 1.15 bits per heavy atom. The van der Waals surface area contributed by atoms with E-state index in [1.807, 2.05) is 18.2 Å². The van der Waals surface area contributed by atoms with Gasteiger partial charge in [0.2, 0.25) is 11.2 Å². The lowest BCUT2D eigenvalue weighted by Crippen LogP contribution is -2.02. The molecule has 0 fully saturated rings. The van der Waals surface area contributed by atoms with Gasteiger partial charge in [0, 0.05) is 0 Å². The second-order valence-electron chi connectivity index (χ2n) is 4.34. The maximum Gasteiger partial charge on any atom is 0.244 e. The highest BCUT2D eigenvalue weighted by molar-refractivity contribution is 6.28. The number of benzene rings is 1. The third-order valence-electron chi connectivity index (χ3n) is 2.92. The van der Waals surface area contributed by atoms with Crippen molar-refractivity contribution in [2.24, 2.45) is 0 Å². The van der Waals surface area contributed by atoms with Crippen LogP contribution in [0, 0.1) is 0 Å². The van der Waals surface area contributed by atoms with Gasteiger partial charge in [-0.25, -0.2) is 4.98 Å². The number of halogens is 1. The Bertz CT molecular complexity index is 699. The first kappa shape index (κ1) is 12.9. The standard InChI is InChI=1S/C14H13ClN4O/c15-14-18-12-11(16-9-17-12)13(19-14)20-8-4-7-10-5-2-1-3-6-10/h1-3,5-6,9H,4,7-8H2,(H,16,17,18,19). The van der Waals surface area contributed by atoms with E-state index in [0.29, 0.717) is 23.7 Å². The Kier molecular flexibility index (Phi) is 3.78. The molecule has 2 heterocycles. The van der Waals surface area contributed by atoms with Crippen LogP contribution in [0.4, 0.5) is 0 Å². The maximum atomic E-state index is 5.83. The minimum atomic E-state index is 0.141. The summed E-state index contributed by atoms with van der Waals surface area (Å²) in [5, 5.41) is 0.141. The highest BCUT2D eigenvalue weighted by Crippen LogP contribution is 2.20. The summed E-state index contributed by atoms with van der Waals surface area (Å²) in [5.74, 6) is 0.450. The zero-order valence-corrected chi connectivity index (χ0v) is 11.5. The number of H-pyrrole nitrogens is 1. The van der Waals surface area contributed by atoms with Gasteiger partial charge in [0.15, 0.2) is 5.65 Å². The fourth-order valence-corrected chi connectivity index (χ4v) is 2.13. The number of imidazole rings is 1. The van der Waals surface area contributed by atoms with Gasteiger partial charge >= 0.3 is 0 Å². The van der Waals surface area contributed by atoms with Crippen molar-refractivity contribution in [3.63, 3.8) is 0 Å². The summed E-state index contributed by atoms with van der Waals surface area (Å²) in [6.45, 7) is 0.566. The molecule has 6 heteroatoms. The molecule has 2 aromatic heterocycles. The lowest BCUT2D eigenvalue weighted by molar-refractivity contribution is 0.302. The van der Waals surface area contributed by atoms with Crippen molar-refractivity contribution >= 4 is 22.8 Å². The van der Waals surface area contributed by atoms with Gasteiger partial charge < -0.3 is 9.72 Å². The van der Waals surface area contributed by atoms with E-state index in [-0.39, 0.29) is 5.28 Å². The number of nitrogens with zero attached hydrogens (tertiary/aromatic N) is 3. The minimum absolute atomic E-state index is 0.141. The van der Waals surface area contributed by atoms with Gasteiger partial charge in [-0.3, -0.25) is 0 Å². The van der Waals surface area contributed by atoms with Crippen LogP contribution in [0.1, 0.15) is 12.0 Å². The summed E-state index contributed by atoms with van der Waals surface area (Å²) in [5.41, 5.74) is 2.49. The third-order valence-corrected chi connectivity index (χ3v) is 3.09. The maximum absolute atomic E-state index is 5.83. The van der Waals surface area contributed by atoms with E-state index in [1.54, 1.807) is 6.33 Å². The molecular weight excluding hydrogens is 276 g/mol. The first-order valence-electron chi connectivity index (χ1n) is 6.36. The second kappa shape index (κ2) is 5.88. The molecule has 0 spiro atoms. The molecule has 0 atom stereocenters. The van der Waals surface area contributed by atoms with Crippen LogP contribution in [0.2, 0.25) is 5.28 Å². The van der Waals surface area contributed by atoms with Crippen LogP contribution in [0.3, 0.4) is 0 Å². The number of hydrogen-bond donors (Lipinski definition) is 1. The van der Waals surface area contributed by atoms with Crippen molar-refractivity contribution in [3.8, 4) is 5.88 Å². The molecule has 0 unspecified atom stereocenters. The molecule has 20 heavy (non-hydrogen) atoms. The monoisotopic (exact) mass is 288 g/mol. The van der Waals surface area contributed by atoms with Gasteiger partial charge in [-0.05, 0) is 30.0 Å². The average molecular weight is 289 g/mol. The number of hydrogen-bond acceptors (Lipinski definition) is 4. The minimum Gasteiger partial charge on any atom is -0.476 e. The van der Waals surface area contributed by atoms with E-state index in [0.717, 1.165) is 12.8 Å². The van der Waals surface area contributed by atoms with Crippen molar-refractivity contribution in [1.82, 2.24) is 19.9 Å². The molecule has 102 valence electrons. The predicted octanol–water partition coefficient (Wildman–Crippen LogP) is 3.02. The molecule has 1 aromatic carbocycles. The first-order valence-corrected chi connectivity index (χ1v) is 6.74. The molecule has 0 bridgehead atoms. The van der Waals surface area contributed by atoms with Crippen molar-refractivity contribution in [2.75, 3.05) is 6.61 Å². The number of nitrogens with one attached hydrogen (secondary N) is 1. The van der Waals surface area contributed by atoms with Gasteiger partial charge in [0.1, 0.15) is 5.52 Å². The zero-order chi connectivity index (χ0) is 13.8. The Morgan fingerprint density at radius 3 is 2.85 bits per heavy atom. The Balaban J connectivity index is 1.61. The number of aryl methyl sites for hydroxylation is 1. The molecular formula is C14H13ClN4O. The fraction of sp³-hybridized carbons (Fsp3) is 0.214. The lowest BCUT2D eigenvalue weighted by atomic mass is 10.1. The van der Waals surface area contributed by atoms with E-state index in [4.69, 9.17) is 16.3 Å². The van der Waals surface area contributed by atoms with Crippen LogP contribution < -0.4 is 4.74 Å². The Hall–Kier alpha value is -2.14. The van der Waals surface area contributed by atoms with E-state index >= 15 is 0 Å². The van der Waals surface area contributed by atoms with Crippen molar-refractivity contribution in [2.45, 2.75) is 12.8 Å². The highest BCUT2D eigenvalue weighted by atomic mass is 35.5. The molecule has 0 aliphatic heterocycles. The Labute approximate surface area is 121 Å². The van der Waals surface area contributed by atoms with Gasteiger partial charge in [-0.2, -0.15) is 9.97 Å². The summed E-state index contributed by atoms with van der Waals surface area (Å²) in [7, 11) is 0. The van der Waals surface area contributed by atoms with Gasteiger partial charge in [0.25, 0.3) is 0 Å². The second-order valence-corrected chi connectivity index (χ2v) is 4.67. The molecule has 0 saturated heterocycles. The normalized spacial score (nSPS) is 10.8. The summed E-state index contributed by atoms with van der Waals surface area (Å²) in [4.78, 5) is 15.1. The molecule has 0 radical (unpaired) electrons. The van der Waals surface area contributed by atoms with Crippen LogP contribution >= 0.6 is 11.6 Å². The van der Waals surface area contributed by atoms with Crippen molar-refractivity contribution in [1.29, 1.82) is 0 Å². The molecule has 5 nitrogen and oxygen atoms in total. The molecule has 3 rings (SSSR count). The van der Waals surface area contributed by atoms with Gasteiger partial charge in [-0.15, -0.1) is 0 Å². The largest absolute Gasteiger partial charge is 0.476 e. The molecule has 0 amide bonds. The number of fused-ring (bicyclic) bond motifs is 1. The molecule has 0 aliphatic rings. The van der Waals surface area contributed by atoms with Crippen LogP contribution in [0.5, 0.6) is 5.88 Å².